The van der Waals surface area contributed by atoms with Crippen LogP contribution in [0.1, 0.15) is 17.5 Å². The SMILES string of the molecule is COC(=O)[C@H]1CN(C)[C@@H]2Cc3c[nH]c4cccc(c34)[C@]2(OC)C1. The summed E-state index contributed by atoms with van der Waals surface area (Å²) in [6.45, 7) is 0.707. The van der Waals surface area contributed by atoms with E-state index in [-0.39, 0.29) is 17.9 Å². The summed E-state index contributed by atoms with van der Waals surface area (Å²) in [7, 11) is 5.29. The number of aromatic nitrogens is 1. The number of nitrogens with zero attached hydrogens (tertiary/aromatic N) is 1. The molecule has 0 bridgehead atoms. The highest BCUT2D eigenvalue weighted by molar-refractivity contribution is 5.89. The number of benzene rings is 1. The van der Waals surface area contributed by atoms with Crippen LogP contribution in [0.5, 0.6) is 0 Å². The average molecular weight is 314 g/mol. The summed E-state index contributed by atoms with van der Waals surface area (Å²) >= 11 is 0. The van der Waals surface area contributed by atoms with Crippen molar-refractivity contribution in [2.45, 2.75) is 24.5 Å². The maximum atomic E-state index is 12.2. The third-order valence-corrected chi connectivity index (χ3v) is 5.68. The molecule has 3 atom stereocenters. The largest absolute Gasteiger partial charge is 0.469 e. The van der Waals surface area contributed by atoms with Crippen LogP contribution >= 0.6 is 0 Å². The molecule has 0 radical (unpaired) electrons. The number of nitrogens with one attached hydrogen (secondary N) is 1. The van der Waals surface area contributed by atoms with E-state index in [2.05, 4.69) is 41.3 Å². The van der Waals surface area contributed by atoms with E-state index in [0.717, 1.165) is 11.9 Å². The molecule has 1 aromatic heterocycles. The minimum absolute atomic E-state index is 0.154. The van der Waals surface area contributed by atoms with Crippen LogP contribution < -0.4 is 0 Å². The second kappa shape index (κ2) is 5.08. The van der Waals surface area contributed by atoms with Crippen LogP contribution in [0.15, 0.2) is 24.4 Å². The van der Waals surface area contributed by atoms with Gasteiger partial charge in [0, 0.05) is 36.8 Å². The predicted octanol–water partition coefficient (Wildman–Crippen LogP) is 2.06. The van der Waals surface area contributed by atoms with Gasteiger partial charge in [0.15, 0.2) is 0 Å². The Bertz CT molecular complexity index is 769. The molecule has 0 unspecified atom stereocenters. The maximum absolute atomic E-state index is 12.2. The summed E-state index contributed by atoms with van der Waals surface area (Å²) < 4.78 is 11.1. The van der Waals surface area contributed by atoms with Gasteiger partial charge in [0.2, 0.25) is 0 Å². The van der Waals surface area contributed by atoms with E-state index in [9.17, 15) is 4.79 Å². The van der Waals surface area contributed by atoms with Gasteiger partial charge in [0.1, 0.15) is 5.60 Å². The number of methoxy groups -OCH3 is 2. The first-order valence-electron chi connectivity index (χ1n) is 8.03. The van der Waals surface area contributed by atoms with E-state index in [0.29, 0.717) is 13.0 Å². The monoisotopic (exact) mass is 314 g/mol. The molecule has 23 heavy (non-hydrogen) atoms. The number of rotatable bonds is 2. The normalized spacial score (nSPS) is 30.2. The number of hydrogen-bond donors (Lipinski definition) is 1. The van der Waals surface area contributed by atoms with Gasteiger partial charge >= 0.3 is 5.97 Å². The van der Waals surface area contributed by atoms with Crippen molar-refractivity contribution in [2.24, 2.45) is 5.92 Å². The summed E-state index contributed by atoms with van der Waals surface area (Å²) in [5.41, 5.74) is 3.18. The van der Waals surface area contributed by atoms with Crippen LogP contribution in [-0.4, -0.2) is 49.7 Å². The van der Waals surface area contributed by atoms with E-state index in [4.69, 9.17) is 9.47 Å². The number of H-pyrrole nitrogens is 1. The first-order chi connectivity index (χ1) is 11.1. The Balaban J connectivity index is 1.90. The molecule has 2 heterocycles. The number of piperidine rings is 1. The van der Waals surface area contributed by atoms with Crippen LogP contribution in [0.3, 0.4) is 0 Å². The minimum atomic E-state index is -0.472. The average Bonchev–Trinajstić information content (AvgIpc) is 2.99. The molecule has 1 aliphatic carbocycles. The molecule has 1 aromatic carbocycles. The fourth-order valence-electron chi connectivity index (χ4n) is 4.64. The van der Waals surface area contributed by atoms with E-state index in [1.54, 1.807) is 7.11 Å². The first kappa shape index (κ1) is 14.7. The van der Waals surface area contributed by atoms with Gasteiger partial charge in [-0.15, -0.1) is 0 Å². The fourth-order valence-corrected chi connectivity index (χ4v) is 4.64. The zero-order chi connectivity index (χ0) is 16.2. The van der Waals surface area contributed by atoms with Gasteiger partial charge in [-0.2, -0.15) is 0 Å². The quantitative estimate of drug-likeness (QED) is 0.862. The van der Waals surface area contributed by atoms with Crippen molar-refractivity contribution < 1.29 is 14.3 Å². The van der Waals surface area contributed by atoms with Crippen molar-refractivity contribution in [1.29, 1.82) is 0 Å². The van der Waals surface area contributed by atoms with Crippen molar-refractivity contribution >= 4 is 16.9 Å². The molecular formula is C18H22N2O3. The van der Waals surface area contributed by atoms with Gasteiger partial charge in [-0.25, -0.2) is 0 Å². The summed E-state index contributed by atoms with van der Waals surface area (Å²) in [6, 6.07) is 6.52. The number of fused-ring (bicyclic) bond motifs is 2. The van der Waals surface area contributed by atoms with E-state index in [1.165, 1.54) is 23.6 Å². The van der Waals surface area contributed by atoms with Crippen molar-refractivity contribution in [3.05, 3.63) is 35.5 Å². The molecule has 2 aliphatic rings. The van der Waals surface area contributed by atoms with Crippen LogP contribution in [0.25, 0.3) is 10.9 Å². The summed E-state index contributed by atoms with van der Waals surface area (Å²) in [6.07, 6.45) is 3.69. The van der Waals surface area contributed by atoms with Gasteiger partial charge in [-0.3, -0.25) is 9.69 Å². The molecule has 0 spiro atoms. The Morgan fingerprint density at radius 1 is 1.39 bits per heavy atom. The molecule has 1 aliphatic heterocycles. The number of likely N-dealkylation sites (tertiary alicyclic amines) is 1. The van der Waals surface area contributed by atoms with Crippen LogP contribution in [0.2, 0.25) is 0 Å². The highest BCUT2D eigenvalue weighted by atomic mass is 16.5. The number of aromatic amines is 1. The Morgan fingerprint density at radius 3 is 2.96 bits per heavy atom. The molecule has 1 saturated heterocycles. The number of carbonyl (C=O) groups excluding carboxylic acids is 1. The summed E-state index contributed by atoms with van der Waals surface area (Å²) in [5, 5.41) is 1.25. The summed E-state index contributed by atoms with van der Waals surface area (Å²) in [5.74, 6) is -0.323. The van der Waals surface area contributed by atoms with Gasteiger partial charge in [0.25, 0.3) is 0 Å². The van der Waals surface area contributed by atoms with Crippen molar-refractivity contribution in [2.75, 3.05) is 27.8 Å². The Labute approximate surface area is 135 Å². The molecule has 1 fully saturated rings. The molecule has 4 rings (SSSR count). The maximum Gasteiger partial charge on any atom is 0.310 e. The lowest BCUT2D eigenvalue weighted by Gasteiger charge is -2.52. The van der Waals surface area contributed by atoms with E-state index in [1.807, 2.05) is 0 Å². The van der Waals surface area contributed by atoms with Crippen LogP contribution in [-0.2, 0) is 26.3 Å². The molecule has 122 valence electrons. The number of carbonyl (C=O) groups is 1. The van der Waals surface area contributed by atoms with Gasteiger partial charge in [0.05, 0.1) is 13.0 Å². The molecular weight excluding hydrogens is 292 g/mol. The van der Waals surface area contributed by atoms with Gasteiger partial charge in [-0.05, 0) is 37.1 Å². The highest BCUT2D eigenvalue weighted by Gasteiger charge is 2.53. The predicted molar refractivity (Wildman–Crippen MR) is 87.2 cm³/mol. The van der Waals surface area contributed by atoms with Crippen molar-refractivity contribution in [3.8, 4) is 0 Å². The Kier molecular flexibility index (Phi) is 3.25. The number of hydrogen-bond acceptors (Lipinski definition) is 4. The molecule has 1 N–H and O–H groups in total. The van der Waals surface area contributed by atoms with Gasteiger partial charge < -0.3 is 14.5 Å². The molecule has 0 saturated carbocycles. The lowest BCUT2D eigenvalue weighted by molar-refractivity contribution is -0.163. The molecule has 2 aromatic rings. The van der Waals surface area contributed by atoms with E-state index < -0.39 is 5.60 Å². The first-order valence-corrected chi connectivity index (χ1v) is 8.03. The molecule has 0 amide bonds. The second-order valence-electron chi connectivity index (χ2n) is 6.72. The second-order valence-corrected chi connectivity index (χ2v) is 6.72. The topological polar surface area (TPSA) is 54.6 Å². The van der Waals surface area contributed by atoms with Crippen LogP contribution in [0.4, 0.5) is 0 Å². The zero-order valence-electron chi connectivity index (χ0n) is 13.8. The molecule has 5 heteroatoms. The standard InChI is InChI=1S/C18H22N2O3/c1-20-10-12(17(21)22-2)8-18(23-3)13-5-4-6-14-16(13)11(9-19-14)7-15(18)20/h4-6,9,12,15,19H,7-8,10H2,1-3H3/t12-,15-,18-/m1/s1. The lowest BCUT2D eigenvalue weighted by Crippen LogP contribution is -2.60. The highest BCUT2D eigenvalue weighted by Crippen LogP contribution is 2.49. The third kappa shape index (κ3) is 1.90. The number of likely N-dealkylation sites (N-methyl/N-ethyl adjacent to an activating group) is 1. The Hall–Kier alpha value is -1.85. The minimum Gasteiger partial charge on any atom is -0.469 e. The third-order valence-electron chi connectivity index (χ3n) is 5.68. The molecule has 5 nitrogen and oxygen atoms in total. The zero-order valence-corrected chi connectivity index (χ0v) is 13.8. The lowest BCUT2D eigenvalue weighted by atomic mass is 9.68. The number of esters is 1. The summed E-state index contributed by atoms with van der Waals surface area (Å²) in [4.78, 5) is 17.8. The van der Waals surface area contributed by atoms with Crippen LogP contribution in [0, 0.1) is 5.92 Å². The van der Waals surface area contributed by atoms with Crippen molar-refractivity contribution in [1.82, 2.24) is 9.88 Å². The Morgan fingerprint density at radius 2 is 2.22 bits per heavy atom. The fraction of sp³-hybridized carbons (Fsp3) is 0.500. The van der Waals surface area contributed by atoms with E-state index >= 15 is 0 Å². The van der Waals surface area contributed by atoms with Gasteiger partial charge in [-0.1, -0.05) is 12.1 Å². The van der Waals surface area contributed by atoms with Crippen molar-refractivity contribution in [3.63, 3.8) is 0 Å². The number of ether oxygens (including phenoxy) is 2. The smallest absolute Gasteiger partial charge is 0.310 e.